The lowest BCUT2D eigenvalue weighted by molar-refractivity contribution is 0.206. The number of nitrogens with zero attached hydrogens (tertiary/aromatic N) is 3. The third-order valence-corrected chi connectivity index (χ3v) is 5.15. The first-order chi connectivity index (χ1) is 14.6. The van der Waals surface area contributed by atoms with Crippen LogP contribution in [0.15, 0.2) is 61.2 Å². The predicted octanol–water partition coefficient (Wildman–Crippen LogP) is 5.37. The van der Waals surface area contributed by atoms with Crippen LogP contribution in [0.3, 0.4) is 0 Å². The highest BCUT2D eigenvalue weighted by Crippen LogP contribution is 2.23. The molecule has 2 amide bonds. The van der Waals surface area contributed by atoms with E-state index in [-0.39, 0.29) is 6.03 Å². The number of aryl methyl sites for hydroxylation is 2. The molecule has 0 aliphatic carbocycles. The van der Waals surface area contributed by atoms with E-state index in [0.29, 0.717) is 30.4 Å². The molecule has 0 spiro atoms. The van der Waals surface area contributed by atoms with Gasteiger partial charge in [-0.2, -0.15) is 0 Å². The van der Waals surface area contributed by atoms with Crippen molar-refractivity contribution in [1.82, 2.24) is 14.5 Å². The highest BCUT2D eigenvalue weighted by molar-refractivity contribution is 6.31. The van der Waals surface area contributed by atoms with Crippen molar-refractivity contribution in [3.05, 3.63) is 77.3 Å². The summed E-state index contributed by atoms with van der Waals surface area (Å²) in [4.78, 5) is 18.9. The molecule has 0 aliphatic heterocycles. The van der Waals surface area contributed by atoms with Gasteiger partial charge in [0.25, 0.3) is 0 Å². The van der Waals surface area contributed by atoms with Crippen LogP contribution in [0.4, 0.5) is 10.5 Å². The van der Waals surface area contributed by atoms with E-state index in [1.807, 2.05) is 61.0 Å². The second kappa shape index (κ2) is 10.7. The second-order valence-electron chi connectivity index (χ2n) is 7.01. The van der Waals surface area contributed by atoms with Crippen molar-refractivity contribution in [2.75, 3.05) is 18.5 Å². The predicted molar refractivity (Wildman–Crippen MR) is 120 cm³/mol. The molecule has 0 radical (unpaired) electrons. The summed E-state index contributed by atoms with van der Waals surface area (Å²) in [5, 5.41) is 3.59. The lowest BCUT2D eigenvalue weighted by Crippen LogP contribution is -2.35. The summed E-state index contributed by atoms with van der Waals surface area (Å²) >= 11 is 6.21. The Morgan fingerprint density at radius 3 is 2.83 bits per heavy atom. The third kappa shape index (κ3) is 6.00. The number of hydrogen-bond donors (Lipinski definition) is 1. The lowest BCUT2D eigenvalue weighted by atomic mass is 10.2. The SMILES string of the molecule is CCOc1ccccc1CN(CCCn1ccnc1)C(=O)Nc1ccc(C)c(Cl)c1. The molecular weight excluding hydrogens is 400 g/mol. The number of carbonyl (C=O) groups excluding carboxylic acids is 1. The molecule has 1 heterocycles. The number of anilines is 1. The van der Waals surface area contributed by atoms with Gasteiger partial charge in [0, 0.05) is 41.8 Å². The molecular formula is C23H27ClN4O2. The van der Waals surface area contributed by atoms with Crippen molar-refractivity contribution in [1.29, 1.82) is 0 Å². The van der Waals surface area contributed by atoms with Gasteiger partial charge in [-0.05, 0) is 44.0 Å². The molecule has 0 saturated carbocycles. The maximum absolute atomic E-state index is 13.1. The molecule has 30 heavy (non-hydrogen) atoms. The topological polar surface area (TPSA) is 59.4 Å². The number of rotatable bonds is 9. The van der Waals surface area contributed by atoms with Gasteiger partial charge in [-0.25, -0.2) is 9.78 Å². The lowest BCUT2D eigenvalue weighted by Gasteiger charge is -2.24. The Labute approximate surface area is 182 Å². The monoisotopic (exact) mass is 426 g/mol. The fourth-order valence-corrected chi connectivity index (χ4v) is 3.31. The first-order valence-electron chi connectivity index (χ1n) is 10.1. The maximum atomic E-state index is 13.1. The third-order valence-electron chi connectivity index (χ3n) is 4.75. The van der Waals surface area contributed by atoms with E-state index in [1.165, 1.54) is 0 Å². The van der Waals surface area contributed by atoms with Crippen LogP contribution in [-0.4, -0.2) is 33.6 Å². The van der Waals surface area contributed by atoms with E-state index in [9.17, 15) is 4.79 Å². The number of halogens is 1. The minimum Gasteiger partial charge on any atom is -0.494 e. The van der Waals surface area contributed by atoms with Crippen molar-refractivity contribution in [2.45, 2.75) is 33.4 Å². The average Bonchev–Trinajstić information content (AvgIpc) is 3.25. The number of nitrogens with one attached hydrogen (secondary N) is 1. The summed E-state index contributed by atoms with van der Waals surface area (Å²) in [5.41, 5.74) is 2.62. The van der Waals surface area contributed by atoms with Gasteiger partial charge in [0.1, 0.15) is 5.75 Å². The number of amides is 2. The van der Waals surface area contributed by atoms with Crippen molar-refractivity contribution >= 4 is 23.3 Å². The van der Waals surface area contributed by atoms with E-state index in [2.05, 4.69) is 10.3 Å². The average molecular weight is 427 g/mol. The zero-order valence-electron chi connectivity index (χ0n) is 17.3. The minimum absolute atomic E-state index is 0.174. The maximum Gasteiger partial charge on any atom is 0.322 e. The van der Waals surface area contributed by atoms with Crippen molar-refractivity contribution in [2.24, 2.45) is 0 Å². The summed E-state index contributed by atoms with van der Waals surface area (Å²) in [6, 6.07) is 13.2. The van der Waals surface area contributed by atoms with Crippen molar-refractivity contribution in [3.63, 3.8) is 0 Å². The summed E-state index contributed by atoms with van der Waals surface area (Å²) in [6.07, 6.45) is 6.26. The van der Waals surface area contributed by atoms with Crippen LogP contribution in [0, 0.1) is 6.92 Å². The molecule has 1 N–H and O–H groups in total. The van der Waals surface area contributed by atoms with Gasteiger partial charge in [-0.15, -0.1) is 0 Å². The van der Waals surface area contributed by atoms with Gasteiger partial charge in [0.05, 0.1) is 19.5 Å². The first-order valence-corrected chi connectivity index (χ1v) is 10.4. The Kier molecular flexibility index (Phi) is 7.74. The van der Waals surface area contributed by atoms with Crippen molar-refractivity contribution in [3.8, 4) is 5.75 Å². The second-order valence-corrected chi connectivity index (χ2v) is 7.42. The Balaban J connectivity index is 1.73. The summed E-state index contributed by atoms with van der Waals surface area (Å²) in [6.45, 7) is 6.28. The first kappa shape index (κ1) is 21.7. The van der Waals surface area contributed by atoms with E-state index in [4.69, 9.17) is 16.3 Å². The molecule has 0 atom stereocenters. The van der Waals surface area contributed by atoms with Gasteiger partial charge in [0.15, 0.2) is 0 Å². The molecule has 0 fully saturated rings. The highest BCUT2D eigenvalue weighted by Gasteiger charge is 2.17. The zero-order chi connectivity index (χ0) is 21.3. The Morgan fingerprint density at radius 1 is 1.27 bits per heavy atom. The molecule has 0 saturated heterocycles. The largest absolute Gasteiger partial charge is 0.494 e. The normalized spacial score (nSPS) is 10.6. The standard InChI is InChI=1S/C23H27ClN4O2/c1-3-30-22-8-5-4-7-19(22)16-28(13-6-12-27-14-11-25-17-27)23(29)26-20-10-9-18(2)21(24)15-20/h4-5,7-11,14-15,17H,3,6,12-13,16H2,1-2H3,(H,26,29). The molecule has 0 unspecified atom stereocenters. The van der Waals surface area contributed by atoms with Gasteiger partial charge in [-0.3, -0.25) is 0 Å². The molecule has 3 aromatic rings. The Morgan fingerprint density at radius 2 is 2.10 bits per heavy atom. The van der Waals surface area contributed by atoms with Gasteiger partial charge in [-0.1, -0.05) is 35.9 Å². The number of ether oxygens (including phenoxy) is 1. The fourth-order valence-electron chi connectivity index (χ4n) is 3.13. The molecule has 0 bridgehead atoms. The number of hydrogen-bond acceptors (Lipinski definition) is 3. The van der Waals surface area contributed by atoms with Gasteiger partial charge >= 0.3 is 6.03 Å². The molecule has 6 nitrogen and oxygen atoms in total. The van der Waals surface area contributed by atoms with E-state index >= 15 is 0 Å². The van der Waals surface area contributed by atoms with Crippen LogP contribution in [0.1, 0.15) is 24.5 Å². The Bertz CT molecular complexity index is 960. The van der Waals surface area contributed by atoms with Crippen molar-refractivity contribution < 1.29 is 9.53 Å². The quantitative estimate of drug-likeness (QED) is 0.500. The van der Waals surface area contributed by atoms with Crippen LogP contribution < -0.4 is 10.1 Å². The molecule has 158 valence electrons. The van der Waals surface area contributed by atoms with Crippen LogP contribution in [-0.2, 0) is 13.1 Å². The van der Waals surface area contributed by atoms with Crippen LogP contribution in [0.2, 0.25) is 5.02 Å². The van der Waals surface area contributed by atoms with Crippen LogP contribution in [0.25, 0.3) is 0 Å². The Hall–Kier alpha value is -2.99. The summed E-state index contributed by atoms with van der Waals surface area (Å²) in [5.74, 6) is 0.797. The van der Waals surface area contributed by atoms with E-state index in [1.54, 1.807) is 23.5 Å². The molecule has 2 aromatic carbocycles. The number of imidazole rings is 1. The van der Waals surface area contributed by atoms with E-state index in [0.717, 1.165) is 29.8 Å². The zero-order valence-corrected chi connectivity index (χ0v) is 18.1. The fraction of sp³-hybridized carbons (Fsp3) is 0.304. The minimum atomic E-state index is -0.174. The van der Waals surface area contributed by atoms with E-state index < -0.39 is 0 Å². The van der Waals surface area contributed by atoms with Gasteiger partial charge in [0.2, 0.25) is 0 Å². The smallest absolute Gasteiger partial charge is 0.322 e. The number of benzene rings is 2. The van der Waals surface area contributed by atoms with Crippen LogP contribution >= 0.6 is 11.6 Å². The molecule has 3 rings (SSSR count). The molecule has 0 aliphatic rings. The molecule has 1 aromatic heterocycles. The van der Waals surface area contributed by atoms with Gasteiger partial charge < -0.3 is 19.5 Å². The van der Waals surface area contributed by atoms with Crippen LogP contribution in [0.5, 0.6) is 5.75 Å². The number of urea groups is 1. The molecule has 7 heteroatoms. The number of carbonyl (C=O) groups is 1. The number of aromatic nitrogens is 2. The highest BCUT2D eigenvalue weighted by atomic mass is 35.5. The summed E-state index contributed by atoms with van der Waals surface area (Å²) < 4.78 is 7.74. The number of para-hydroxylation sites is 1. The summed E-state index contributed by atoms with van der Waals surface area (Å²) in [7, 11) is 0.